The molecule has 1 saturated heterocycles. The number of pyridine rings is 1. The second kappa shape index (κ2) is 9.19. The third-order valence-electron chi connectivity index (χ3n) is 7.49. The molecule has 3 aliphatic rings. The molecule has 8 nitrogen and oxygen atoms in total. The van der Waals surface area contributed by atoms with Gasteiger partial charge in [-0.2, -0.15) is 4.31 Å². The molecule has 1 aromatic heterocycles. The van der Waals surface area contributed by atoms with Crippen molar-refractivity contribution in [1.82, 2.24) is 8.87 Å². The molecule has 3 heterocycles. The molecule has 1 N–H and O–H groups in total. The predicted octanol–water partition coefficient (Wildman–Crippen LogP) is 3.18. The van der Waals surface area contributed by atoms with Crippen LogP contribution >= 0.6 is 0 Å². The number of anilines is 1. The Morgan fingerprint density at radius 1 is 1.00 bits per heavy atom. The normalized spacial score (nSPS) is 23.2. The van der Waals surface area contributed by atoms with E-state index in [1.165, 1.54) is 16.8 Å². The molecule has 2 aromatic rings. The summed E-state index contributed by atoms with van der Waals surface area (Å²) in [5.74, 6) is 0.483. The Bertz CT molecular complexity index is 1230. The van der Waals surface area contributed by atoms with E-state index in [9.17, 15) is 18.0 Å². The molecule has 1 aromatic carbocycles. The Morgan fingerprint density at radius 3 is 2.44 bits per heavy atom. The fraction of sp³-hybridized carbons (Fsp3) is 0.520. The number of hydrogen-bond acceptors (Lipinski definition) is 5. The summed E-state index contributed by atoms with van der Waals surface area (Å²) >= 11 is 0. The lowest BCUT2D eigenvalue weighted by atomic mass is 9.83. The lowest BCUT2D eigenvalue weighted by Gasteiger charge is -2.42. The lowest BCUT2D eigenvalue weighted by Crippen LogP contribution is -2.49. The van der Waals surface area contributed by atoms with Gasteiger partial charge in [0.05, 0.1) is 17.7 Å². The minimum atomic E-state index is -3.69. The Balaban J connectivity index is 1.43. The number of nitrogens with one attached hydrogen (secondary N) is 1. The van der Waals surface area contributed by atoms with Crippen molar-refractivity contribution in [2.24, 2.45) is 11.8 Å². The topological polar surface area (TPSA) is 97.7 Å². The molecule has 1 saturated carbocycles. The van der Waals surface area contributed by atoms with Gasteiger partial charge in [-0.15, -0.1) is 0 Å². The van der Waals surface area contributed by atoms with Crippen LogP contribution in [0.25, 0.3) is 0 Å². The highest BCUT2D eigenvalue weighted by Gasteiger charge is 2.41. The molecule has 1 amide bonds. The van der Waals surface area contributed by atoms with Crippen LogP contribution in [0.4, 0.5) is 5.69 Å². The van der Waals surface area contributed by atoms with Gasteiger partial charge < -0.3 is 14.6 Å². The van der Waals surface area contributed by atoms with Crippen LogP contribution in [-0.4, -0.2) is 43.4 Å². The fourth-order valence-electron chi connectivity index (χ4n) is 5.77. The van der Waals surface area contributed by atoms with Gasteiger partial charge in [0, 0.05) is 43.2 Å². The summed E-state index contributed by atoms with van der Waals surface area (Å²) in [6.45, 7) is 1.10. The lowest BCUT2D eigenvalue weighted by molar-refractivity contribution is -0.120. The highest BCUT2D eigenvalue weighted by molar-refractivity contribution is 7.89. The molecule has 2 atom stereocenters. The molecule has 34 heavy (non-hydrogen) atoms. The van der Waals surface area contributed by atoms with Crippen LogP contribution in [0.3, 0.4) is 0 Å². The largest absolute Gasteiger partial charge is 0.497 e. The van der Waals surface area contributed by atoms with Crippen molar-refractivity contribution in [2.45, 2.75) is 55.9 Å². The summed E-state index contributed by atoms with van der Waals surface area (Å²) in [5, 5.41) is 3.09. The molecule has 0 radical (unpaired) electrons. The molecule has 2 aliphatic heterocycles. The zero-order valence-corrected chi connectivity index (χ0v) is 20.2. The van der Waals surface area contributed by atoms with Gasteiger partial charge in [-0.25, -0.2) is 8.42 Å². The molecule has 0 unspecified atom stereocenters. The monoisotopic (exact) mass is 485 g/mol. The number of amides is 1. The third kappa shape index (κ3) is 4.27. The first-order valence-corrected chi connectivity index (χ1v) is 13.5. The molecule has 182 valence electrons. The van der Waals surface area contributed by atoms with Crippen molar-refractivity contribution >= 4 is 21.6 Å². The highest BCUT2D eigenvalue weighted by atomic mass is 32.2. The van der Waals surface area contributed by atoms with Crippen LogP contribution in [0, 0.1) is 11.8 Å². The maximum atomic E-state index is 13.4. The predicted molar refractivity (Wildman–Crippen MR) is 129 cm³/mol. The fourth-order valence-corrected chi connectivity index (χ4v) is 7.33. The number of ether oxygens (including phenoxy) is 1. The Labute approximate surface area is 200 Å². The first kappa shape index (κ1) is 23.1. The van der Waals surface area contributed by atoms with Crippen LogP contribution in [-0.2, 0) is 21.4 Å². The highest BCUT2D eigenvalue weighted by Crippen LogP contribution is 2.40. The van der Waals surface area contributed by atoms with Gasteiger partial charge in [-0.1, -0.05) is 19.3 Å². The number of aromatic nitrogens is 1. The van der Waals surface area contributed by atoms with Crippen molar-refractivity contribution in [2.75, 3.05) is 25.5 Å². The van der Waals surface area contributed by atoms with Crippen molar-refractivity contribution in [3.63, 3.8) is 0 Å². The first-order valence-electron chi connectivity index (χ1n) is 12.1. The molecule has 1 aliphatic carbocycles. The first-order chi connectivity index (χ1) is 16.4. The standard InChI is InChI=1S/C25H31N3O5S/c1-33-20-7-9-21(10-8-20)34(31,32)27-14-17-13-19(16-27)24-22(11-12-23(29)28(24)15-17)26-25(30)18-5-3-2-4-6-18/h7-12,17-19H,2-6,13-16H2,1H3,(H,26,30)/t17-,19+/m0/s1. The van der Waals surface area contributed by atoms with E-state index < -0.39 is 10.0 Å². The smallest absolute Gasteiger partial charge is 0.250 e. The summed E-state index contributed by atoms with van der Waals surface area (Å²) in [5.41, 5.74) is 1.29. The Hall–Kier alpha value is -2.65. The number of benzene rings is 1. The van der Waals surface area contributed by atoms with E-state index in [1.54, 1.807) is 42.0 Å². The Morgan fingerprint density at radius 2 is 1.74 bits per heavy atom. The van der Waals surface area contributed by atoms with E-state index >= 15 is 0 Å². The van der Waals surface area contributed by atoms with Crippen molar-refractivity contribution < 1.29 is 17.9 Å². The van der Waals surface area contributed by atoms with Gasteiger partial charge in [0.1, 0.15) is 5.75 Å². The number of hydrogen-bond donors (Lipinski definition) is 1. The van der Waals surface area contributed by atoms with Gasteiger partial charge >= 0.3 is 0 Å². The summed E-state index contributed by atoms with van der Waals surface area (Å²) in [6.07, 6.45) is 5.87. The number of sulfonamides is 1. The average Bonchev–Trinajstić information content (AvgIpc) is 2.86. The van der Waals surface area contributed by atoms with E-state index in [2.05, 4.69) is 5.32 Å². The number of piperidine rings is 1. The summed E-state index contributed by atoms with van der Waals surface area (Å²) < 4.78 is 35.2. The average molecular weight is 486 g/mol. The Kier molecular flexibility index (Phi) is 6.24. The van der Waals surface area contributed by atoms with E-state index in [-0.39, 0.29) is 40.7 Å². The van der Waals surface area contributed by atoms with E-state index in [0.717, 1.165) is 37.8 Å². The molecule has 5 rings (SSSR count). The molecular formula is C25H31N3O5S. The number of carbonyl (C=O) groups excluding carboxylic acids is 1. The zero-order valence-electron chi connectivity index (χ0n) is 19.4. The minimum Gasteiger partial charge on any atom is -0.497 e. The summed E-state index contributed by atoms with van der Waals surface area (Å²) in [7, 11) is -2.15. The maximum Gasteiger partial charge on any atom is 0.250 e. The van der Waals surface area contributed by atoms with Crippen LogP contribution in [0.15, 0.2) is 46.1 Å². The van der Waals surface area contributed by atoms with Crippen LogP contribution in [0.2, 0.25) is 0 Å². The third-order valence-corrected chi connectivity index (χ3v) is 9.33. The summed E-state index contributed by atoms with van der Waals surface area (Å²) in [6, 6.07) is 9.61. The number of nitrogens with zero attached hydrogens (tertiary/aromatic N) is 2. The molecule has 2 fully saturated rings. The second-order valence-electron chi connectivity index (χ2n) is 9.70. The van der Waals surface area contributed by atoms with Crippen LogP contribution in [0.5, 0.6) is 5.75 Å². The number of fused-ring (bicyclic) bond motifs is 4. The van der Waals surface area contributed by atoms with Gasteiger partial charge in [-0.3, -0.25) is 9.59 Å². The summed E-state index contributed by atoms with van der Waals surface area (Å²) in [4.78, 5) is 25.9. The van der Waals surface area contributed by atoms with Crippen LogP contribution < -0.4 is 15.6 Å². The molecule has 9 heteroatoms. The van der Waals surface area contributed by atoms with Crippen molar-refractivity contribution in [3.8, 4) is 5.75 Å². The quantitative estimate of drug-likeness (QED) is 0.702. The minimum absolute atomic E-state index is 0.00166. The van der Waals surface area contributed by atoms with Crippen LogP contribution in [0.1, 0.15) is 50.1 Å². The van der Waals surface area contributed by atoms with E-state index in [0.29, 0.717) is 24.5 Å². The number of rotatable bonds is 5. The van der Waals surface area contributed by atoms with E-state index in [4.69, 9.17) is 4.74 Å². The molecule has 0 spiro atoms. The second-order valence-corrected chi connectivity index (χ2v) is 11.6. The van der Waals surface area contributed by atoms with Gasteiger partial charge in [0.25, 0.3) is 5.56 Å². The molecule has 2 bridgehead atoms. The maximum absolute atomic E-state index is 13.4. The van der Waals surface area contributed by atoms with Gasteiger partial charge in [0.15, 0.2) is 0 Å². The molecular weight excluding hydrogens is 454 g/mol. The SMILES string of the molecule is COc1ccc(S(=O)(=O)N2C[C@@H]3C[C@H](C2)c2c(NC(=O)C4CCCCC4)ccc(=O)n2C3)cc1. The van der Waals surface area contributed by atoms with Gasteiger partial charge in [-0.05, 0) is 55.5 Å². The number of carbonyl (C=O) groups is 1. The van der Waals surface area contributed by atoms with Crippen molar-refractivity contribution in [1.29, 1.82) is 0 Å². The van der Waals surface area contributed by atoms with Crippen molar-refractivity contribution in [3.05, 3.63) is 52.4 Å². The van der Waals surface area contributed by atoms with Gasteiger partial charge in [0.2, 0.25) is 15.9 Å². The zero-order chi connectivity index (χ0) is 23.9. The van der Waals surface area contributed by atoms with E-state index in [1.807, 2.05) is 0 Å². The number of methoxy groups -OCH3 is 1.